The number of hydrogen-bond donors (Lipinski definition) is 4. The third-order valence-corrected chi connectivity index (χ3v) is 3.69. The molecule has 0 bridgehead atoms. The number of nitrogens with zero attached hydrogens (tertiary/aromatic N) is 1. The summed E-state index contributed by atoms with van der Waals surface area (Å²) in [5, 5.41) is 17.6. The molecule has 2 amide bonds. The lowest BCUT2D eigenvalue weighted by atomic mass is 9.99. The zero-order valence-electron chi connectivity index (χ0n) is 12.3. The molecule has 1 heterocycles. The predicted molar refractivity (Wildman–Crippen MR) is 76.7 cm³/mol. The fourth-order valence-electron chi connectivity index (χ4n) is 2.14. The summed E-state index contributed by atoms with van der Waals surface area (Å²) in [4.78, 5) is 25.1. The molecule has 20 heavy (non-hydrogen) atoms. The Labute approximate surface area is 120 Å². The van der Waals surface area contributed by atoms with Gasteiger partial charge in [-0.1, -0.05) is 20.3 Å². The molecule has 0 saturated carbocycles. The van der Waals surface area contributed by atoms with Crippen LogP contribution in [0.4, 0.5) is 4.79 Å². The van der Waals surface area contributed by atoms with Crippen LogP contribution in [0.2, 0.25) is 0 Å². The molecule has 1 saturated heterocycles. The van der Waals surface area contributed by atoms with Crippen LogP contribution >= 0.6 is 0 Å². The lowest BCUT2D eigenvalue weighted by molar-refractivity contribution is -0.140. The van der Waals surface area contributed by atoms with Gasteiger partial charge < -0.3 is 21.1 Å². The summed E-state index contributed by atoms with van der Waals surface area (Å²) in [6, 6.07) is -1.24. The highest BCUT2D eigenvalue weighted by atomic mass is 16.4. The van der Waals surface area contributed by atoms with E-state index < -0.39 is 18.0 Å². The number of piperazine rings is 1. The molecule has 7 heteroatoms. The number of hydrogen-bond acceptors (Lipinski definition) is 4. The number of carboxylic acids is 1. The van der Waals surface area contributed by atoms with E-state index in [9.17, 15) is 9.59 Å². The molecule has 1 unspecified atom stereocenters. The van der Waals surface area contributed by atoms with E-state index in [4.69, 9.17) is 5.11 Å². The Morgan fingerprint density at radius 3 is 2.55 bits per heavy atom. The maximum absolute atomic E-state index is 11.7. The zero-order chi connectivity index (χ0) is 15.0. The fraction of sp³-hybridized carbons (Fsp3) is 0.846. The molecule has 0 spiro atoms. The molecule has 0 radical (unpaired) electrons. The number of amides is 2. The van der Waals surface area contributed by atoms with Gasteiger partial charge in [-0.15, -0.1) is 0 Å². The Morgan fingerprint density at radius 2 is 2.00 bits per heavy atom. The highest BCUT2D eigenvalue weighted by Crippen LogP contribution is 2.07. The summed E-state index contributed by atoms with van der Waals surface area (Å²) in [6.45, 7) is 8.95. The minimum absolute atomic E-state index is 0.0913. The maximum atomic E-state index is 11.7. The average molecular weight is 286 g/mol. The number of rotatable bonds is 7. The molecule has 0 aromatic rings. The molecular formula is C13H26N4O3. The molecule has 0 aromatic heterocycles. The first-order valence-electron chi connectivity index (χ1n) is 7.24. The molecule has 1 aliphatic heterocycles. The molecular weight excluding hydrogens is 260 g/mol. The summed E-state index contributed by atoms with van der Waals surface area (Å²) in [6.07, 6.45) is 0.706. The van der Waals surface area contributed by atoms with Crippen molar-refractivity contribution in [1.29, 1.82) is 0 Å². The number of urea groups is 1. The second kappa shape index (κ2) is 8.76. The van der Waals surface area contributed by atoms with Crippen molar-refractivity contribution in [3.63, 3.8) is 0 Å². The monoisotopic (exact) mass is 286 g/mol. The van der Waals surface area contributed by atoms with E-state index in [1.54, 1.807) is 0 Å². The van der Waals surface area contributed by atoms with Gasteiger partial charge in [-0.2, -0.15) is 0 Å². The molecule has 7 nitrogen and oxygen atoms in total. The van der Waals surface area contributed by atoms with Gasteiger partial charge in [0.2, 0.25) is 0 Å². The predicted octanol–water partition coefficient (Wildman–Crippen LogP) is -0.310. The normalized spacial score (nSPS) is 19.1. The topological polar surface area (TPSA) is 93.7 Å². The first-order valence-corrected chi connectivity index (χ1v) is 7.24. The molecule has 0 aromatic carbocycles. The third kappa shape index (κ3) is 5.75. The first kappa shape index (κ1) is 16.7. The SMILES string of the molecule is CCC(C)[C@H](NC(=O)NCCN1CCNCC1)C(=O)O. The van der Waals surface area contributed by atoms with Gasteiger partial charge >= 0.3 is 12.0 Å². The maximum Gasteiger partial charge on any atom is 0.326 e. The van der Waals surface area contributed by atoms with Crippen molar-refractivity contribution in [2.24, 2.45) is 5.92 Å². The number of nitrogens with one attached hydrogen (secondary N) is 3. The Bertz CT molecular complexity index is 319. The van der Waals surface area contributed by atoms with Gasteiger partial charge in [0.05, 0.1) is 0 Å². The van der Waals surface area contributed by atoms with Crippen LogP contribution in [-0.2, 0) is 4.79 Å². The van der Waals surface area contributed by atoms with Crippen LogP contribution < -0.4 is 16.0 Å². The van der Waals surface area contributed by atoms with Crippen molar-refractivity contribution in [3.05, 3.63) is 0 Å². The van der Waals surface area contributed by atoms with Gasteiger partial charge in [-0.25, -0.2) is 9.59 Å². The second-order valence-corrected chi connectivity index (χ2v) is 5.19. The van der Waals surface area contributed by atoms with Gasteiger partial charge in [0.1, 0.15) is 6.04 Å². The van der Waals surface area contributed by atoms with Crippen molar-refractivity contribution in [2.75, 3.05) is 39.3 Å². The van der Waals surface area contributed by atoms with Gasteiger partial charge in [0, 0.05) is 39.3 Å². The molecule has 0 aliphatic carbocycles. The third-order valence-electron chi connectivity index (χ3n) is 3.69. The average Bonchev–Trinajstić information content (AvgIpc) is 2.45. The van der Waals surface area contributed by atoms with E-state index in [0.717, 1.165) is 32.7 Å². The van der Waals surface area contributed by atoms with E-state index in [1.165, 1.54) is 0 Å². The lowest BCUT2D eigenvalue weighted by Gasteiger charge is -2.27. The molecule has 2 atom stereocenters. The van der Waals surface area contributed by atoms with E-state index >= 15 is 0 Å². The highest BCUT2D eigenvalue weighted by molar-refractivity contribution is 5.82. The largest absolute Gasteiger partial charge is 0.480 e. The number of carbonyl (C=O) groups is 2. The smallest absolute Gasteiger partial charge is 0.326 e. The minimum atomic E-state index is -0.989. The van der Waals surface area contributed by atoms with Gasteiger partial charge in [-0.05, 0) is 5.92 Å². The Hall–Kier alpha value is -1.34. The number of aliphatic carboxylic acids is 1. The van der Waals surface area contributed by atoms with Crippen molar-refractivity contribution in [1.82, 2.24) is 20.9 Å². The van der Waals surface area contributed by atoms with Crippen molar-refractivity contribution >= 4 is 12.0 Å². The van der Waals surface area contributed by atoms with E-state index in [1.807, 2.05) is 13.8 Å². The van der Waals surface area contributed by atoms with Crippen LogP contribution in [0.25, 0.3) is 0 Å². The molecule has 1 aliphatic rings. The van der Waals surface area contributed by atoms with Gasteiger partial charge in [-0.3, -0.25) is 4.90 Å². The van der Waals surface area contributed by atoms with Crippen molar-refractivity contribution in [3.8, 4) is 0 Å². The first-order chi connectivity index (χ1) is 9.54. The second-order valence-electron chi connectivity index (χ2n) is 5.19. The summed E-state index contributed by atoms with van der Waals surface area (Å²) in [5.41, 5.74) is 0. The quantitative estimate of drug-likeness (QED) is 0.515. The van der Waals surface area contributed by atoms with Crippen LogP contribution in [0.5, 0.6) is 0 Å². The molecule has 116 valence electrons. The van der Waals surface area contributed by atoms with E-state index in [-0.39, 0.29) is 5.92 Å². The molecule has 1 fully saturated rings. The Balaban J connectivity index is 2.25. The van der Waals surface area contributed by atoms with Gasteiger partial charge in [0.25, 0.3) is 0 Å². The Kier molecular flexibility index (Phi) is 7.32. The summed E-state index contributed by atoms with van der Waals surface area (Å²) in [7, 11) is 0. The van der Waals surface area contributed by atoms with Gasteiger partial charge in [0.15, 0.2) is 0 Å². The van der Waals surface area contributed by atoms with E-state index in [2.05, 4.69) is 20.9 Å². The zero-order valence-corrected chi connectivity index (χ0v) is 12.3. The summed E-state index contributed by atoms with van der Waals surface area (Å²) >= 11 is 0. The highest BCUT2D eigenvalue weighted by Gasteiger charge is 2.25. The van der Waals surface area contributed by atoms with Crippen LogP contribution in [-0.4, -0.2) is 67.3 Å². The van der Waals surface area contributed by atoms with Crippen molar-refractivity contribution < 1.29 is 14.7 Å². The number of carbonyl (C=O) groups excluding carboxylic acids is 1. The fourth-order valence-corrected chi connectivity index (χ4v) is 2.14. The Morgan fingerprint density at radius 1 is 1.35 bits per heavy atom. The summed E-state index contributed by atoms with van der Waals surface area (Å²) in [5.74, 6) is -1.08. The molecule has 1 rings (SSSR count). The van der Waals surface area contributed by atoms with E-state index in [0.29, 0.717) is 13.0 Å². The van der Waals surface area contributed by atoms with Crippen LogP contribution in [0.1, 0.15) is 20.3 Å². The van der Waals surface area contributed by atoms with Crippen LogP contribution in [0, 0.1) is 5.92 Å². The lowest BCUT2D eigenvalue weighted by Crippen LogP contribution is -2.51. The van der Waals surface area contributed by atoms with Crippen molar-refractivity contribution in [2.45, 2.75) is 26.3 Å². The molecule has 4 N–H and O–H groups in total. The number of carboxylic acid groups (broad SMARTS) is 1. The minimum Gasteiger partial charge on any atom is -0.480 e. The standard InChI is InChI=1S/C13H26N4O3/c1-3-10(2)11(12(18)19)16-13(20)15-6-9-17-7-4-14-5-8-17/h10-11,14H,3-9H2,1-2H3,(H,18,19)(H2,15,16,20)/t10?,11-/m0/s1. The van der Waals surface area contributed by atoms with Crippen LogP contribution in [0.15, 0.2) is 0 Å². The van der Waals surface area contributed by atoms with Crippen LogP contribution in [0.3, 0.4) is 0 Å². The summed E-state index contributed by atoms with van der Waals surface area (Å²) < 4.78 is 0.